The van der Waals surface area contributed by atoms with Gasteiger partial charge in [-0.05, 0) is 11.6 Å². The third kappa shape index (κ3) is 8.71. The van der Waals surface area contributed by atoms with E-state index in [1.165, 1.54) is 0 Å². The number of nitrogens with zero attached hydrogens (tertiary/aromatic N) is 2. The molecule has 0 saturated carbocycles. The number of hydrogen-bond acceptors (Lipinski definition) is 0. The molecule has 1 rings (SSSR count). The van der Waals surface area contributed by atoms with Gasteiger partial charge in [-0.2, -0.15) is 4.79 Å². The van der Waals surface area contributed by atoms with Gasteiger partial charge in [0, 0.05) is 6.08 Å². The van der Waals surface area contributed by atoms with Crippen LogP contribution in [-0.2, 0) is 0 Å². The quantitative estimate of drug-likeness (QED) is 0.281. The van der Waals surface area contributed by atoms with Gasteiger partial charge in [0.05, 0.1) is 6.42 Å². The maximum absolute atomic E-state index is 9.75. The minimum absolute atomic E-state index is 0.686. The molecule has 0 heterocycles. The van der Waals surface area contributed by atoms with Crippen LogP contribution >= 0.6 is 0 Å². The van der Waals surface area contributed by atoms with Crippen LogP contribution in [0.15, 0.2) is 36.5 Å². The van der Waals surface area contributed by atoms with Crippen molar-refractivity contribution < 1.29 is 22.1 Å². The molecule has 0 amide bonds. The molecule has 0 unspecified atom stereocenters. The highest BCUT2D eigenvalue weighted by molar-refractivity contribution is 6.50. The van der Waals surface area contributed by atoms with E-state index >= 15 is 0 Å². The van der Waals surface area contributed by atoms with Crippen LogP contribution in [0.25, 0.3) is 5.53 Å². The second-order valence-electron chi connectivity index (χ2n) is 2.53. The summed E-state index contributed by atoms with van der Waals surface area (Å²) in [6.45, 7) is 3.61. The lowest BCUT2D eigenvalue weighted by molar-refractivity contribution is -0.00540. The number of rotatable bonds is 1. The van der Waals surface area contributed by atoms with Gasteiger partial charge in [0.15, 0.2) is 0 Å². The maximum Gasteiger partial charge on any atom is 0.673 e. The summed E-state index contributed by atoms with van der Waals surface area (Å²) in [5.74, 6) is 0. The van der Waals surface area contributed by atoms with Crippen molar-refractivity contribution in [2.24, 2.45) is 0 Å². The molecule has 1 aliphatic rings. The van der Waals surface area contributed by atoms with Crippen LogP contribution in [0.2, 0.25) is 0 Å². The van der Waals surface area contributed by atoms with E-state index in [0.29, 0.717) is 12.1 Å². The van der Waals surface area contributed by atoms with E-state index in [0.717, 1.165) is 5.57 Å². The number of hydrogen-bond donors (Lipinski definition) is 0. The Labute approximate surface area is 84.3 Å². The SMILES string of the molecule is C=CC1=CCC(=[N+]=[N-])C=C1.F[B-](F)(F)F. The molecule has 15 heavy (non-hydrogen) atoms. The average Bonchev–Trinajstić information content (AvgIpc) is 2.15. The molecule has 0 bridgehead atoms. The third-order valence-corrected chi connectivity index (χ3v) is 1.38. The molecule has 1 aliphatic carbocycles. The van der Waals surface area contributed by atoms with E-state index in [4.69, 9.17) is 5.53 Å². The van der Waals surface area contributed by atoms with Crippen molar-refractivity contribution in [2.45, 2.75) is 6.42 Å². The van der Waals surface area contributed by atoms with Crippen LogP contribution in [-0.4, -0.2) is 17.8 Å². The molecular weight excluding hydrogens is 211 g/mol. The van der Waals surface area contributed by atoms with Crippen LogP contribution < -0.4 is 0 Å². The Kier molecular flexibility index (Phi) is 5.34. The molecular formula is C8H8BF4N2-. The second-order valence-corrected chi connectivity index (χ2v) is 2.53. The van der Waals surface area contributed by atoms with Gasteiger partial charge < -0.3 is 22.8 Å². The normalized spacial score (nSPS) is 14.7. The lowest BCUT2D eigenvalue weighted by Gasteiger charge is -1.95. The third-order valence-electron chi connectivity index (χ3n) is 1.38. The van der Waals surface area contributed by atoms with Crippen LogP contribution in [0.3, 0.4) is 0 Å². The molecule has 0 atom stereocenters. The van der Waals surface area contributed by atoms with E-state index in [9.17, 15) is 17.3 Å². The average molecular weight is 219 g/mol. The highest BCUT2D eigenvalue weighted by Gasteiger charge is 2.20. The molecule has 0 aromatic heterocycles. The summed E-state index contributed by atoms with van der Waals surface area (Å²) < 4.78 is 39.0. The fourth-order valence-electron chi connectivity index (χ4n) is 0.776. The van der Waals surface area contributed by atoms with Crippen molar-refractivity contribution in [1.82, 2.24) is 0 Å². The Morgan fingerprint density at radius 1 is 1.33 bits per heavy atom. The molecule has 0 aromatic carbocycles. The fourth-order valence-corrected chi connectivity index (χ4v) is 0.776. The van der Waals surface area contributed by atoms with E-state index in [-0.39, 0.29) is 0 Å². The van der Waals surface area contributed by atoms with Crippen molar-refractivity contribution in [3.63, 3.8) is 0 Å². The van der Waals surface area contributed by atoms with Gasteiger partial charge in [0.25, 0.3) is 5.71 Å². The van der Waals surface area contributed by atoms with Gasteiger partial charge in [0.1, 0.15) is 0 Å². The largest absolute Gasteiger partial charge is 0.673 e. The van der Waals surface area contributed by atoms with Crippen molar-refractivity contribution in [3.8, 4) is 0 Å². The Balaban J connectivity index is 0.000000336. The predicted octanol–water partition coefficient (Wildman–Crippen LogP) is 3.03. The molecule has 2 nitrogen and oxygen atoms in total. The lowest BCUT2D eigenvalue weighted by atomic mass is 10.1. The summed E-state index contributed by atoms with van der Waals surface area (Å²) in [6.07, 6.45) is 8.06. The fraction of sp³-hybridized carbons (Fsp3) is 0.125. The topological polar surface area (TPSA) is 36.4 Å². The molecule has 0 aromatic rings. The monoisotopic (exact) mass is 219 g/mol. The molecule has 7 heteroatoms. The highest BCUT2D eigenvalue weighted by atomic mass is 19.5. The first-order chi connectivity index (χ1) is 6.86. The predicted molar refractivity (Wildman–Crippen MR) is 50.8 cm³/mol. The summed E-state index contributed by atoms with van der Waals surface area (Å²) in [6, 6.07) is 0. The molecule has 0 saturated heterocycles. The van der Waals surface area contributed by atoms with Crippen molar-refractivity contribution in [3.05, 3.63) is 42.0 Å². The minimum Gasteiger partial charge on any atom is -0.418 e. The van der Waals surface area contributed by atoms with Crippen LogP contribution in [0.5, 0.6) is 0 Å². The summed E-state index contributed by atoms with van der Waals surface area (Å²) in [5, 5.41) is 0. The summed E-state index contributed by atoms with van der Waals surface area (Å²) in [7, 11) is -6.00. The molecule has 0 radical (unpaired) electrons. The molecule has 0 spiro atoms. The maximum atomic E-state index is 9.75. The zero-order valence-corrected chi connectivity index (χ0v) is 7.71. The standard InChI is InChI=1S/C8H8N2.BF4/c1-2-7-3-5-8(10-9)6-4-7;2-1(3,4)5/h2-5H,1,6H2;/q;-1. The van der Waals surface area contributed by atoms with Gasteiger partial charge in [-0.15, -0.1) is 0 Å². The summed E-state index contributed by atoms with van der Waals surface area (Å²) in [5.41, 5.74) is 10.1. The first-order valence-electron chi connectivity index (χ1n) is 3.95. The van der Waals surface area contributed by atoms with Crippen LogP contribution in [0, 0.1) is 0 Å². The second kappa shape index (κ2) is 5.98. The molecule has 0 N–H and O–H groups in total. The smallest absolute Gasteiger partial charge is 0.418 e. The van der Waals surface area contributed by atoms with Gasteiger partial charge >= 0.3 is 7.25 Å². The first-order valence-corrected chi connectivity index (χ1v) is 3.95. The van der Waals surface area contributed by atoms with Crippen molar-refractivity contribution in [1.29, 1.82) is 0 Å². The molecule has 0 fully saturated rings. The zero-order valence-electron chi connectivity index (χ0n) is 7.71. The zero-order chi connectivity index (χ0) is 11.9. The Bertz CT molecular complexity index is 331. The summed E-state index contributed by atoms with van der Waals surface area (Å²) >= 11 is 0. The van der Waals surface area contributed by atoms with Gasteiger partial charge in [-0.1, -0.05) is 18.7 Å². The van der Waals surface area contributed by atoms with E-state index in [1.54, 1.807) is 12.2 Å². The van der Waals surface area contributed by atoms with Crippen LogP contribution in [0.4, 0.5) is 17.3 Å². The van der Waals surface area contributed by atoms with Gasteiger partial charge in [0.2, 0.25) is 0 Å². The van der Waals surface area contributed by atoms with Gasteiger partial charge in [-0.25, -0.2) is 0 Å². The molecule has 0 aliphatic heterocycles. The summed E-state index contributed by atoms with van der Waals surface area (Å²) in [4.78, 5) is 3.07. The number of halogens is 4. The van der Waals surface area contributed by atoms with Crippen molar-refractivity contribution in [2.75, 3.05) is 0 Å². The Morgan fingerprint density at radius 3 is 2.13 bits per heavy atom. The number of allylic oxidation sites excluding steroid dienone is 5. The van der Waals surface area contributed by atoms with Crippen LogP contribution in [0.1, 0.15) is 6.42 Å². The Morgan fingerprint density at radius 2 is 1.87 bits per heavy atom. The molecule has 82 valence electrons. The van der Waals surface area contributed by atoms with E-state index in [1.807, 2.05) is 12.2 Å². The van der Waals surface area contributed by atoms with E-state index in [2.05, 4.69) is 11.4 Å². The minimum atomic E-state index is -6.00. The first kappa shape index (κ1) is 13.4. The Hall–Kier alpha value is -1.62. The van der Waals surface area contributed by atoms with E-state index < -0.39 is 7.25 Å². The van der Waals surface area contributed by atoms with Gasteiger partial charge in [-0.3, -0.25) is 0 Å². The van der Waals surface area contributed by atoms with Crippen molar-refractivity contribution >= 4 is 13.0 Å². The highest BCUT2D eigenvalue weighted by Crippen LogP contribution is 2.07. The lowest BCUT2D eigenvalue weighted by Crippen LogP contribution is -2.02.